The molecule has 0 aliphatic carbocycles. The third-order valence-electron chi connectivity index (χ3n) is 2.34. The van der Waals surface area contributed by atoms with Crippen LogP contribution in [0.4, 0.5) is 19.0 Å². The minimum atomic E-state index is -4.66. The van der Waals surface area contributed by atoms with Crippen LogP contribution in [0.25, 0.3) is 0 Å². The van der Waals surface area contributed by atoms with Gasteiger partial charge in [-0.3, -0.25) is 4.68 Å². The molecule has 0 atom stereocenters. The zero-order valence-electron chi connectivity index (χ0n) is 10.1. The number of aromatic nitrogens is 2. The van der Waals surface area contributed by atoms with Crippen LogP contribution in [0.1, 0.15) is 5.56 Å². The Morgan fingerprint density at radius 3 is 2.42 bits per heavy atom. The lowest BCUT2D eigenvalue weighted by molar-refractivity contribution is -0.274. The van der Waals surface area contributed by atoms with Gasteiger partial charge in [0.15, 0.2) is 0 Å². The number of hydrogen-bond donors (Lipinski definition) is 1. The van der Waals surface area contributed by atoms with E-state index in [-0.39, 0.29) is 5.75 Å². The van der Waals surface area contributed by atoms with Gasteiger partial charge in [-0.1, -0.05) is 12.1 Å². The predicted molar refractivity (Wildman–Crippen MR) is 63.7 cm³/mol. The first-order valence-corrected chi connectivity index (χ1v) is 5.50. The van der Waals surface area contributed by atoms with Crippen LogP contribution in [0.2, 0.25) is 0 Å². The van der Waals surface area contributed by atoms with Crippen LogP contribution in [0, 0.1) is 0 Å². The largest absolute Gasteiger partial charge is 0.573 e. The van der Waals surface area contributed by atoms with Gasteiger partial charge in [0.05, 0.1) is 0 Å². The molecule has 0 saturated heterocycles. The fourth-order valence-corrected chi connectivity index (χ4v) is 1.51. The molecule has 0 spiro atoms. The summed E-state index contributed by atoms with van der Waals surface area (Å²) in [6.45, 7) is 0.476. The standard InChI is InChI=1S/C12H12F3N3O/c1-18-7-6-11(17-18)16-8-9-2-4-10(5-3-9)19-12(13,14)15/h2-7H,8H2,1H3,(H,16,17). The molecule has 0 fully saturated rings. The smallest absolute Gasteiger partial charge is 0.406 e. The molecule has 4 nitrogen and oxygen atoms in total. The molecule has 102 valence electrons. The zero-order valence-corrected chi connectivity index (χ0v) is 10.1. The Morgan fingerprint density at radius 2 is 1.89 bits per heavy atom. The van der Waals surface area contributed by atoms with Crippen molar-refractivity contribution in [1.29, 1.82) is 0 Å². The van der Waals surface area contributed by atoms with Crippen molar-refractivity contribution in [3.8, 4) is 5.75 Å². The molecule has 0 aliphatic heterocycles. The Kier molecular flexibility index (Phi) is 3.64. The maximum absolute atomic E-state index is 12.0. The number of aryl methyl sites for hydroxylation is 1. The van der Waals surface area contributed by atoms with Crippen LogP contribution in [0.5, 0.6) is 5.75 Å². The van der Waals surface area contributed by atoms with E-state index in [0.717, 1.165) is 5.56 Å². The number of halogens is 3. The Hall–Kier alpha value is -2.18. The molecule has 2 rings (SSSR count). The van der Waals surface area contributed by atoms with Gasteiger partial charge < -0.3 is 10.1 Å². The molecule has 0 unspecified atom stereocenters. The van der Waals surface area contributed by atoms with Crippen molar-refractivity contribution in [2.75, 3.05) is 5.32 Å². The van der Waals surface area contributed by atoms with Gasteiger partial charge in [-0.15, -0.1) is 13.2 Å². The maximum Gasteiger partial charge on any atom is 0.573 e. The monoisotopic (exact) mass is 271 g/mol. The van der Waals surface area contributed by atoms with E-state index in [0.29, 0.717) is 12.4 Å². The number of hydrogen-bond acceptors (Lipinski definition) is 3. The molecule has 19 heavy (non-hydrogen) atoms. The Morgan fingerprint density at radius 1 is 1.21 bits per heavy atom. The molecule has 2 aromatic rings. The van der Waals surface area contributed by atoms with E-state index in [2.05, 4.69) is 15.2 Å². The third kappa shape index (κ3) is 4.20. The third-order valence-corrected chi connectivity index (χ3v) is 2.34. The summed E-state index contributed by atoms with van der Waals surface area (Å²) < 4.78 is 41.3. The average Bonchev–Trinajstić information content (AvgIpc) is 2.72. The number of nitrogens with zero attached hydrogens (tertiary/aromatic N) is 2. The van der Waals surface area contributed by atoms with Crippen LogP contribution in [-0.4, -0.2) is 16.1 Å². The quantitative estimate of drug-likeness (QED) is 0.929. The van der Waals surface area contributed by atoms with Crippen LogP contribution in [0.15, 0.2) is 36.5 Å². The number of ether oxygens (including phenoxy) is 1. The van der Waals surface area contributed by atoms with E-state index < -0.39 is 6.36 Å². The molecule has 0 saturated carbocycles. The fourth-order valence-electron chi connectivity index (χ4n) is 1.51. The predicted octanol–water partition coefficient (Wildman–Crippen LogP) is 2.93. The van der Waals surface area contributed by atoms with Crippen LogP contribution in [0.3, 0.4) is 0 Å². The van der Waals surface area contributed by atoms with Crippen molar-refractivity contribution < 1.29 is 17.9 Å². The first-order chi connectivity index (χ1) is 8.92. The summed E-state index contributed by atoms with van der Waals surface area (Å²) in [6, 6.07) is 7.50. The average molecular weight is 271 g/mol. The molecule has 1 aromatic carbocycles. The Labute approximate surface area is 107 Å². The second-order valence-electron chi connectivity index (χ2n) is 3.92. The summed E-state index contributed by atoms with van der Waals surface area (Å²) in [7, 11) is 1.80. The lowest BCUT2D eigenvalue weighted by atomic mass is 10.2. The molecule has 1 aromatic heterocycles. The lowest BCUT2D eigenvalue weighted by Gasteiger charge is -2.09. The van der Waals surface area contributed by atoms with Crippen molar-refractivity contribution in [2.24, 2.45) is 7.05 Å². The highest BCUT2D eigenvalue weighted by Gasteiger charge is 2.30. The van der Waals surface area contributed by atoms with Gasteiger partial charge in [0.1, 0.15) is 11.6 Å². The van der Waals surface area contributed by atoms with Gasteiger partial charge in [-0.2, -0.15) is 5.10 Å². The minimum Gasteiger partial charge on any atom is -0.406 e. The topological polar surface area (TPSA) is 39.1 Å². The van der Waals surface area contributed by atoms with Gasteiger partial charge in [-0.25, -0.2) is 0 Å². The molecule has 7 heteroatoms. The van der Waals surface area contributed by atoms with Gasteiger partial charge in [0.2, 0.25) is 0 Å². The van der Waals surface area contributed by atoms with E-state index >= 15 is 0 Å². The van der Waals surface area contributed by atoms with Crippen LogP contribution >= 0.6 is 0 Å². The van der Waals surface area contributed by atoms with Crippen molar-refractivity contribution in [2.45, 2.75) is 12.9 Å². The van der Waals surface area contributed by atoms with Crippen molar-refractivity contribution in [1.82, 2.24) is 9.78 Å². The SMILES string of the molecule is Cn1ccc(NCc2ccc(OC(F)(F)F)cc2)n1. The lowest BCUT2D eigenvalue weighted by Crippen LogP contribution is -2.17. The second-order valence-corrected chi connectivity index (χ2v) is 3.92. The van der Waals surface area contributed by atoms with Crippen LogP contribution in [-0.2, 0) is 13.6 Å². The molecular weight excluding hydrogens is 259 g/mol. The van der Waals surface area contributed by atoms with Crippen LogP contribution < -0.4 is 10.1 Å². The highest BCUT2D eigenvalue weighted by atomic mass is 19.4. The minimum absolute atomic E-state index is 0.228. The number of benzene rings is 1. The molecule has 0 amide bonds. The molecule has 1 heterocycles. The van der Waals surface area contributed by atoms with E-state index in [9.17, 15) is 13.2 Å². The molecule has 0 aliphatic rings. The summed E-state index contributed by atoms with van der Waals surface area (Å²) in [5.74, 6) is 0.479. The van der Waals surface area contributed by atoms with Crippen molar-refractivity contribution >= 4 is 5.82 Å². The van der Waals surface area contributed by atoms with Crippen molar-refractivity contribution in [3.05, 3.63) is 42.1 Å². The van der Waals surface area contributed by atoms with E-state index in [4.69, 9.17) is 0 Å². The van der Waals surface area contributed by atoms with Gasteiger partial charge in [0, 0.05) is 25.9 Å². The van der Waals surface area contributed by atoms with E-state index in [1.165, 1.54) is 12.1 Å². The Balaban J connectivity index is 1.91. The summed E-state index contributed by atoms with van der Waals surface area (Å²) in [4.78, 5) is 0. The summed E-state index contributed by atoms with van der Waals surface area (Å²) >= 11 is 0. The van der Waals surface area contributed by atoms with Gasteiger partial charge in [-0.05, 0) is 17.7 Å². The van der Waals surface area contributed by atoms with Gasteiger partial charge in [0.25, 0.3) is 0 Å². The summed E-state index contributed by atoms with van der Waals surface area (Å²) in [5, 5.41) is 7.18. The highest BCUT2D eigenvalue weighted by molar-refractivity contribution is 5.35. The fraction of sp³-hybridized carbons (Fsp3) is 0.250. The zero-order chi connectivity index (χ0) is 13.9. The molecular formula is C12H12F3N3O. The summed E-state index contributed by atoms with van der Waals surface area (Å²) in [5.41, 5.74) is 0.833. The first-order valence-electron chi connectivity index (χ1n) is 5.50. The van der Waals surface area contributed by atoms with E-state index in [1.54, 1.807) is 36.1 Å². The molecule has 1 N–H and O–H groups in total. The highest BCUT2D eigenvalue weighted by Crippen LogP contribution is 2.22. The van der Waals surface area contributed by atoms with Gasteiger partial charge >= 0.3 is 6.36 Å². The number of alkyl halides is 3. The van der Waals surface area contributed by atoms with Crippen molar-refractivity contribution in [3.63, 3.8) is 0 Å². The second kappa shape index (κ2) is 5.21. The molecule has 0 bridgehead atoms. The molecule has 0 radical (unpaired) electrons. The number of rotatable bonds is 4. The number of nitrogens with one attached hydrogen (secondary N) is 1. The first kappa shape index (κ1) is 13.3. The Bertz CT molecular complexity index is 534. The summed E-state index contributed by atoms with van der Waals surface area (Å²) in [6.07, 6.45) is -2.86. The maximum atomic E-state index is 12.0. The number of anilines is 1. The van der Waals surface area contributed by atoms with E-state index in [1.807, 2.05) is 0 Å². The normalized spacial score (nSPS) is 11.4.